The lowest BCUT2D eigenvalue weighted by atomic mass is 10.1. The Morgan fingerprint density at radius 2 is 1.81 bits per heavy atom. The van der Waals surface area contributed by atoms with Crippen LogP contribution in [0.3, 0.4) is 0 Å². The van der Waals surface area contributed by atoms with E-state index in [1.165, 1.54) is 24.4 Å². The van der Waals surface area contributed by atoms with E-state index < -0.39 is 12.0 Å². The average Bonchev–Trinajstić information content (AvgIpc) is 2.51. The molecule has 2 aromatic rings. The van der Waals surface area contributed by atoms with Crippen molar-refractivity contribution in [1.82, 2.24) is 5.43 Å². The predicted molar refractivity (Wildman–Crippen MR) is 76.9 cm³/mol. The van der Waals surface area contributed by atoms with Gasteiger partial charge in [0.05, 0.1) is 6.21 Å². The molecular formula is C15H14N2O4. The Balaban J connectivity index is 1.97. The van der Waals surface area contributed by atoms with Crippen LogP contribution in [0.15, 0.2) is 53.6 Å². The number of hydrazone groups is 1. The molecule has 0 spiro atoms. The minimum absolute atomic E-state index is 0.240. The molecule has 0 aliphatic heterocycles. The lowest BCUT2D eigenvalue weighted by molar-refractivity contribution is -0.129. The van der Waals surface area contributed by atoms with Crippen molar-refractivity contribution in [3.63, 3.8) is 0 Å². The van der Waals surface area contributed by atoms with E-state index in [1.54, 1.807) is 30.3 Å². The Hall–Kier alpha value is -2.86. The van der Waals surface area contributed by atoms with Crippen LogP contribution in [-0.2, 0) is 4.79 Å². The highest BCUT2D eigenvalue weighted by Crippen LogP contribution is 2.23. The van der Waals surface area contributed by atoms with Crippen LogP contribution < -0.4 is 5.43 Å². The molecule has 0 unspecified atom stereocenters. The molecule has 0 saturated carbocycles. The van der Waals surface area contributed by atoms with Gasteiger partial charge in [0.15, 0.2) is 17.6 Å². The largest absolute Gasteiger partial charge is 0.504 e. The number of aromatic hydroxyl groups is 2. The van der Waals surface area contributed by atoms with E-state index >= 15 is 0 Å². The van der Waals surface area contributed by atoms with E-state index in [0.29, 0.717) is 11.1 Å². The SMILES string of the molecule is O=C(N/N=C\c1ccc(O)c(O)c1)[C@H](O)c1ccccc1. The zero-order chi connectivity index (χ0) is 15.2. The van der Waals surface area contributed by atoms with Gasteiger partial charge in [-0.05, 0) is 29.3 Å². The minimum Gasteiger partial charge on any atom is -0.504 e. The van der Waals surface area contributed by atoms with Crippen LogP contribution in [0.4, 0.5) is 0 Å². The molecule has 2 rings (SSSR count). The van der Waals surface area contributed by atoms with E-state index in [-0.39, 0.29) is 11.5 Å². The van der Waals surface area contributed by atoms with Crippen molar-refractivity contribution in [2.45, 2.75) is 6.10 Å². The van der Waals surface area contributed by atoms with Crippen LogP contribution in [-0.4, -0.2) is 27.4 Å². The van der Waals surface area contributed by atoms with Gasteiger partial charge in [0, 0.05) is 0 Å². The summed E-state index contributed by atoms with van der Waals surface area (Å²) in [6.45, 7) is 0. The van der Waals surface area contributed by atoms with Gasteiger partial charge in [0.1, 0.15) is 0 Å². The molecule has 6 nitrogen and oxygen atoms in total. The maximum atomic E-state index is 11.7. The highest BCUT2D eigenvalue weighted by atomic mass is 16.3. The Bertz CT molecular complexity index is 656. The highest BCUT2D eigenvalue weighted by Gasteiger charge is 2.15. The molecule has 0 bridgehead atoms. The number of nitrogens with one attached hydrogen (secondary N) is 1. The van der Waals surface area contributed by atoms with Crippen molar-refractivity contribution in [3.05, 3.63) is 59.7 Å². The summed E-state index contributed by atoms with van der Waals surface area (Å²) in [6, 6.07) is 12.6. The monoisotopic (exact) mass is 286 g/mol. The van der Waals surface area contributed by atoms with Gasteiger partial charge < -0.3 is 15.3 Å². The number of aliphatic hydroxyl groups excluding tert-OH is 1. The van der Waals surface area contributed by atoms with Gasteiger partial charge in [-0.25, -0.2) is 5.43 Å². The Kier molecular flexibility index (Phi) is 4.53. The molecule has 0 fully saturated rings. The van der Waals surface area contributed by atoms with Gasteiger partial charge in [-0.2, -0.15) is 5.10 Å². The number of hydrogen-bond donors (Lipinski definition) is 4. The smallest absolute Gasteiger partial charge is 0.273 e. The minimum atomic E-state index is -1.31. The summed E-state index contributed by atoms with van der Waals surface area (Å²) in [5.41, 5.74) is 3.15. The first-order valence-corrected chi connectivity index (χ1v) is 6.16. The number of phenols is 2. The fourth-order valence-electron chi connectivity index (χ4n) is 1.64. The molecule has 2 aromatic carbocycles. The molecule has 0 radical (unpaired) electrons. The zero-order valence-corrected chi connectivity index (χ0v) is 11.0. The molecule has 0 saturated heterocycles. The number of benzene rings is 2. The van der Waals surface area contributed by atoms with E-state index in [2.05, 4.69) is 10.5 Å². The lowest BCUT2D eigenvalue weighted by Crippen LogP contribution is -2.25. The van der Waals surface area contributed by atoms with E-state index in [1.807, 2.05) is 0 Å². The molecule has 4 N–H and O–H groups in total. The summed E-state index contributed by atoms with van der Waals surface area (Å²) in [5, 5.41) is 32.0. The standard InChI is InChI=1S/C15H14N2O4/c18-12-7-6-10(8-13(12)19)9-16-17-15(21)14(20)11-4-2-1-3-5-11/h1-9,14,18-20H,(H,17,21)/b16-9-/t14-/m1/s1. The third-order valence-corrected chi connectivity index (χ3v) is 2.75. The lowest BCUT2D eigenvalue weighted by Gasteiger charge is -2.08. The maximum absolute atomic E-state index is 11.7. The molecule has 0 heterocycles. The van der Waals surface area contributed by atoms with E-state index in [0.717, 1.165) is 0 Å². The highest BCUT2D eigenvalue weighted by molar-refractivity contribution is 5.85. The molecule has 108 valence electrons. The third-order valence-electron chi connectivity index (χ3n) is 2.75. The molecule has 1 atom stereocenters. The van der Waals surface area contributed by atoms with Crippen LogP contribution >= 0.6 is 0 Å². The summed E-state index contributed by atoms with van der Waals surface area (Å²) in [5.74, 6) is -1.19. The van der Waals surface area contributed by atoms with Crippen molar-refractivity contribution in [3.8, 4) is 11.5 Å². The summed E-state index contributed by atoms with van der Waals surface area (Å²) >= 11 is 0. The molecule has 0 aliphatic carbocycles. The number of amides is 1. The topological polar surface area (TPSA) is 102 Å². The van der Waals surface area contributed by atoms with Crippen molar-refractivity contribution in [1.29, 1.82) is 0 Å². The molecule has 1 amide bonds. The molecular weight excluding hydrogens is 272 g/mol. The van der Waals surface area contributed by atoms with Crippen LogP contribution in [0.1, 0.15) is 17.2 Å². The number of carbonyl (C=O) groups excluding carboxylic acids is 1. The summed E-state index contributed by atoms with van der Waals surface area (Å²) in [4.78, 5) is 11.7. The first-order chi connectivity index (χ1) is 10.1. The Labute approximate surface area is 121 Å². The Morgan fingerprint density at radius 1 is 1.10 bits per heavy atom. The number of hydrogen-bond acceptors (Lipinski definition) is 5. The predicted octanol–water partition coefficient (Wildman–Crippen LogP) is 1.28. The van der Waals surface area contributed by atoms with Gasteiger partial charge in [0.2, 0.25) is 0 Å². The van der Waals surface area contributed by atoms with Crippen molar-refractivity contribution >= 4 is 12.1 Å². The third kappa shape index (κ3) is 3.80. The number of carbonyl (C=O) groups is 1. The molecule has 6 heteroatoms. The second-order valence-electron chi connectivity index (χ2n) is 4.30. The van der Waals surface area contributed by atoms with Crippen molar-refractivity contribution in [2.24, 2.45) is 5.10 Å². The summed E-state index contributed by atoms with van der Waals surface area (Å²) in [7, 11) is 0. The Morgan fingerprint density at radius 3 is 2.48 bits per heavy atom. The van der Waals surface area contributed by atoms with Crippen LogP contribution in [0, 0.1) is 0 Å². The van der Waals surface area contributed by atoms with Crippen LogP contribution in [0.2, 0.25) is 0 Å². The second-order valence-corrected chi connectivity index (χ2v) is 4.30. The zero-order valence-electron chi connectivity index (χ0n) is 11.0. The number of aliphatic hydroxyl groups is 1. The molecule has 0 aromatic heterocycles. The van der Waals surface area contributed by atoms with Gasteiger partial charge in [0.25, 0.3) is 5.91 Å². The summed E-state index contributed by atoms with van der Waals surface area (Å²) < 4.78 is 0. The quantitative estimate of drug-likeness (QED) is 0.386. The van der Waals surface area contributed by atoms with Crippen LogP contribution in [0.25, 0.3) is 0 Å². The number of phenolic OH excluding ortho intramolecular Hbond substituents is 2. The fraction of sp³-hybridized carbons (Fsp3) is 0.0667. The maximum Gasteiger partial charge on any atom is 0.273 e. The first-order valence-electron chi connectivity index (χ1n) is 6.16. The van der Waals surface area contributed by atoms with E-state index in [4.69, 9.17) is 5.11 Å². The number of nitrogens with zero attached hydrogens (tertiary/aromatic N) is 1. The van der Waals surface area contributed by atoms with Gasteiger partial charge in [-0.1, -0.05) is 30.3 Å². The van der Waals surface area contributed by atoms with Gasteiger partial charge in [-0.15, -0.1) is 0 Å². The van der Waals surface area contributed by atoms with E-state index in [9.17, 15) is 15.0 Å². The summed E-state index contributed by atoms with van der Waals surface area (Å²) in [6.07, 6.45) is -0.0222. The molecule has 0 aliphatic rings. The second kappa shape index (κ2) is 6.53. The first kappa shape index (κ1) is 14.5. The van der Waals surface area contributed by atoms with Crippen molar-refractivity contribution in [2.75, 3.05) is 0 Å². The fourth-order valence-corrected chi connectivity index (χ4v) is 1.64. The van der Waals surface area contributed by atoms with Gasteiger partial charge >= 0.3 is 0 Å². The molecule has 21 heavy (non-hydrogen) atoms. The average molecular weight is 286 g/mol. The number of rotatable bonds is 4. The van der Waals surface area contributed by atoms with Crippen LogP contribution in [0.5, 0.6) is 11.5 Å². The van der Waals surface area contributed by atoms with Crippen molar-refractivity contribution < 1.29 is 20.1 Å². The normalized spacial score (nSPS) is 12.2. The van der Waals surface area contributed by atoms with Gasteiger partial charge in [-0.3, -0.25) is 4.79 Å².